The Balaban J connectivity index is 2.09. The van der Waals surface area contributed by atoms with Gasteiger partial charge in [-0.1, -0.05) is 19.1 Å². The number of nitrogens with one attached hydrogen (secondary N) is 1. The van der Waals surface area contributed by atoms with Crippen LogP contribution < -0.4 is 10.1 Å². The minimum absolute atomic E-state index is 0.579. The molecule has 1 heterocycles. The highest BCUT2D eigenvalue weighted by molar-refractivity contribution is 5.37. The maximum atomic E-state index is 5.97. The lowest BCUT2D eigenvalue weighted by atomic mass is 10.2. The first kappa shape index (κ1) is 15.5. The van der Waals surface area contributed by atoms with Crippen molar-refractivity contribution in [1.82, 2.24) is 10.3 Å². The Bertz CT molecular complexity index is 558. The summed E-state index contributed by atoms with van der Waals surface area (Å²) in [6.45, 7) is 4.50. The minimum Gasteiger partial charge on any atom is -0.455 e. The average molecular weight is 286 g/mol. The second-order valence-corrected chi connectivity index (χ2v) is 4.84. The molecule has 0 atom stereocenters. The van der Waals surface area contributed by atoms with E-state index in [0.717, 1.165) is 42.1 Å². The van der Waals surface area contributed by atoms with Gasteiger partial charge in [0.05, 0.1) is 12.8 Å². The predicted octanol–water partition coefficient (Wildman–Crippen LogP) is 3.52. The van der Waals surface area contributed by atoms with Crippen LogP contribution in [0.25, 0.3) is 0 Å². The van der Waals surface area contributed by atoms with Crippen molar-refractivity contribution in [2.75, 3.05) is 13.7 Å². The molecule has 0 amide bonds. The van der Waals surface area contributed by atoms with Crippen LogP contribution in [0.2, 0.25) is 0 Å². The third-order valence-electron chi connectivity index (χ3n) is 3.05. The van der Waals surface area contributed by atoms with Crippen molar-refractivity contribution >= 4 is 0 Å². The van der Waals surface area contributed by atoms with Gasteiger partial charge >= 0.3 is 0 Å². The molecule has 2 rings (SSSR count). The molecule has 0 spiro atoms. The standard InChI is InChI=1S/C17H22N2O2/c1-3-8-18-11-15-7-9-19-12-17(15)21-16-6-4-5-14(10-16)13-20-2/h4-7,9-10,12,18H,3,8,11,13H2,1-2H3. The number of hydrogen-bond acceptors (Lipinski definition) is 4. The van der Waals surface area contributed by atoms with E-state index in [1.807, 2.05) is 30.3 Å². The molecule has 0 aliphatic rings. The van der Waals surface area contributed by atoms with Gasteiger partial charge in [0.25, 0.3) is 0 Å². The molecule has 21 heavy (non-hydrogen) atoms. The van der Waals surface area contributed by atoms with Crippen molar-refractivity contribution in [1.29, 1.82) is 0 Å². The molecule has 1 N–H and O–H groups in total. The molecule has 0 fully saturated rings. The van der Waals surface area contributed by atoms with E-state index in [-0.39, 0.29) is 0 Å². The fourth-order valence-electron chi connectivity index (χ4n) is 2.04. The van der Waals surface area contributed by atoms with Crippen LogP contribution >= 0.6 is 0 Å². The van der Waals surface area contributed by atoms with Crippen LogP contribution in [-0.2, 0) is 17.9 Å². The molecular weight excluding hydrogens is 264 g/mol. The molecule has 1 aromatic carbocycles. The quantitative estimate of drug-likeness (QED) is 0.754. The number of ether oxygens (including phenoxy) is 2. The van der Waals surface area contributed by atoms with Gasteiger partial charge in [-0.2, -0.15) is 0 Å². The van der Waals surface area contributed by atoms with E-state index in [1.54, 1.807) is 19.5 Å². The largest absolute Gasteiger partial charge is 0.455 e. The Morgan fingerprint density at radius 1 is 1.24 bits per heavy atom. The molecule has 0 saturated carbocycles. The first-order chi connectivity index (χ1) is 10.3. The highest BCUT2D eigenvalue weighted by Gasteiger charge is 2.05. The van der Waals surface area contributed by atoms with Crippen LogP contribution in [0.3, 0.4) is 0 Å². The molecule has 1 aromatic heterocycles. The summed E-state index contributed by atoms with van der Waals surface area (Å²) in [5.74, 6) is 1.59. The molecule has 2 aromatic rings. The lowest BCUT2D eigenvalue weighted by Gasteiger charge is -2.12. The van der Waals surface area contributed by atoms with Crippen molar-refractivity contribution in [2.24, 2.45) is 0 Å². The second kappa shape index (κ2) is 8.39. The van der Waals surface area contributed by atoms with Gasteiger partial charge in [-0.05, 0) is 36.7 Å². The third kappa shape index (κ3) is 4.85. The highest BCUT2D eigenvalue weighted by Crippen LogP contribution is 2.25. The molecular formula is C17H22N2O2. The Morgan fingerprint density at radius 3 is 2.95 bits per heavy atom. The van der Waals surface area contributed by atoms with Crippen molar-refractivity contribution in [3.8, 4) is 11.5 Å². The van der Waals surface area contributed by atoms with Crippen LogP contribution in [0.15, 0.2) is 42.7 Å². The summed E-state index contributed by atoms with van der Waals surface area (Å²) in [5.41, 5.74) is 2.19. The Hall–Kier alpha value is -1.91. The Labute approximate surface area is 126 Å². The summed E-state index contributed by atoms with van der Waals surface area (Å²) >= 11 is 0. The Kier molecular flexibility index (Phi) is 6.19. The van der Waals surface area contributed by atoms with Gasteiger partial charge in [-0.15, -0.1) is 0 Å². The van der Waals surface area contributed by atoms with Gasteiger partial charge < -0.3 is 14.8 Å². The molecule has 112 valence electrons. The van der Waals surface area contributed by atoms with Crippen LogP contribution in [-0.4, -0.2) is 18.6 Å². The van der Waals surface area contributed by atoms with Gasteiger partial charge in [-0.3, -0.25) is 4.98 Å². The normalized spacial score (nSPS) is 10.6. The van der Waals surface area contributed by atoms with E-state index >= 15 is 0 Å². The zero-order valence-electron chi connectivity index (χ0n) is 12.6. The third-order valence-corrected chi connectivity index (χ3v) is 3.05. The lowest BCUT2D eigenvalue weighted by molar-refractivity contribution is 0.184. The topological polar surface area (TPSA) is 43.4 Å². The van der Waals surface area contributed by atoms with Crippen LogP contribution in [0.5, 0.6) is 11.5 Å². The predicted molar refractivity (Wildman–Crippen MR) is 83.5 cm³/mol. The van der Waals surface area contributed by atoms with Crippen molar-refractivity contribution in [3.05, 3.63) is 53.9 Å². The molecule has 0 bridgehead atoms. The van der Waals surface area contributed by atoms with E-state index in [4.69, 9.17) is 9.47 Å². The zero-order valence-corrected chi connectivity index (χ0v) is 12.6. The molecule has 0 saturated heterocycles. The van der Waals surface area contributed by atoms with E-state index in [9.17, 15) is 0 Å². The van der Waals surface area contributed by atoms with E-state index in [1.165, 1.54) is 0 Å². The molecule has 4 nitrogen and oxygen atoms in total. The SMILES string of the molecule is CCCNCc1ccncc1Oc1cccc(COC)c1. The Morgan fingerprint density at radius 2 is 2.14 bits per heavy atom. The summed E-state index contributed by atoms with van der Waals surface area (Å²) < 4.78 is 11.1. The molecule has 4 heteroatoms. The monoisotopic (exact) mass is 286 g/mol. The number of nitrogens with zero attached hydrogens (tertiary/aromatic N) is 1. The van der Waals surface area contributed by atoms with Crippen LogP contribution in [0, 0.1) is 0 Å². The van der Waals surface area contributed by atoms with Crippen LogP contribution in [0.4, 0.5) is 0 Å². The number of methoxy groups -OCH3 is 1. The molecule has 0 unspecified atom stereocenters. The number of hydrogen-bond donors (Lipinski definition) is 1. The summed E-state index contributed by atoms with van der Waals surface area (Å²) in [7, 11) is 1.69. The highest BCUT2D eigenvalue weighted by atomic mass is 16.5. The molecule has 0 aliphatic carbocycles. The van der Waals surface area contributed by atoms with Crippen molar-refractivity contribution < 1.29 is 9.47 Å². The number of pyridine rings is 1. The molecule has 0 aliphatic heterocycles. The molecule has 0 radical (unpaired) electrons. The maximum absolute atomic E-state index is 5.97. The fourth-order valence-corrected chi connectivity index (χ4v) is 2.04. The number of benzene rings is 1. The first-order valence-electron chi connectivity index (χ1n) is 7.22. The van der Waals surface area contributed by atoms with E-state index in [2.05, 4.69) is 17.2 Å². The van der Waals surface area contributed by atoms with Crippen molar-refractivity contribution in [2.45, 2.75) is 26.5 Å². The van der Waals surface area contributed by atoms with Gasteiger partial charge in [-0.25, -0.2) is 0 Å². The summed E-state index contributed by atoms with van der Waals surface area (Å²) in [4.78, 5) is 4.15. The smallest absolute Gasteiger partial charge is 0.150 e. The first-order valence-corrected chi connectivity index (χ1v) is 7.22. The minimum atomic E-state index is 0.579. The van der Waals surface area contributed by atoms with E-state index in [0.29, 0.717) is 6.61 Å². The summed E-state index contributed by atoms with van der Waals surface area (Å²) in [6.07, 6.45) is 4.66. The maximum Gasteiger partial charge on any atom is 0.150 e. The fraction of sp³-hybridized carbons (Fsp3) is 0.353. The van der Waals surface area contributed by atoms with Gasteiger partial charge in [0, 0.05) is 25.4 Å². The van der Waals surface area contributed by atoms with E-state index < -0.39 is 0 Å². The van der Waals surface area contributed by atoms with Crippen LogP contribution in [0.1, 0.15) is 24.5 Å². The second-order valence-electron chi connectivity index (χ2n) is 4.84. The van der Waals surface area contributed by atoms with Crippen molar-refractivity contribution in [3.63, 3.8) is 0 Å². The average Bonchev–Trinajstić information content (AvgIpc) is 2.50. The summed E-state index contributed by atoms with van der Waals surface area (Å²) in [6, 6.07) is 9.89. The van der Waals surface area contributed by atoms with Gasteiger partial charge in [0.15, 0.2) is 0 Å². The zero-order chi connectivity index (χ0) is 14.9. The van der Waals surface area contributed by atoms with Gasteiger partial charge in [0.2, 0.25) is 0 Å². The number of aromatic nitrogens is 1. The lowest BCUT2D eigenvalue weighted by Crippen LogP contribution is -2.14. The number of rotatable bonds is 8. The van der Waals surface area contributed by atoms with Gasteiger partial charge in [0.1, 0.15) is 11.5 Å². The summed E-state index contributed by atoms with van der Waals surface area (Å²) in [5, 5.41) is 3.38.